The van der Waals surface area contributed by atoms with E-state index in [2.05, 4.69) is 0 Å². The molecule has 2 N–H and O–H groups in total. The second kappa shape index (κ2) is 4.16. The van der Waals surface area contributed by atoms with Gasteiger partial charge in [-0.25, -0.2) is 4.39 Å². The van der Waals surface area contributed by atoms with Crippen LogP contribution in [0.3, 0.4) is 0 Å². The van der Waals surface area contributed by atoms with Gasteiger partial charge in [0.25, 0.3) is 0 Å². The highest BCUT2D eigenvalue weighted by atomic mass is 19.1. The molecule has 0 unspecified atom stereocenters. The van der Waals surface area contributed by atoms with Crippen molar-refractivity contribution in [2.24, 2.45) is 5.92 Å². The van der Waals surface area contributed by atoms with Gasteiger partial charge in [0.15, 0.2) is 11.6 Å². The largest absolute Gasteiger partial charge is 0.484 e. The summed E-state index contributed by atoms with van der Waals surface area (Å²) in [7, 11) is 0. The standard InChI is InChI=1S/C11H13FO3/c12-9-3-1-2-7-4-8(5-13)10(6-14)15-11(7)9/h1-3,8,10,13-14H,4-6H2/t8-,10-/m0/s1. The lowest BCUT2D eigenvalue weighted by Crippen LogP contribution is -2.38. The lowest BCUT2D eigenvalue weighted by molar-refractivity contribution is 0.0248. The maximum Gasteiger partial charge on any atom is 0.165 e. The van der Waals surface area contributed by atoms with Crippen LogP contribution in [0.1, 0.15) is 5.56 Å². The summed E-state index contributed by atoms with van der Waals surface area (Å²) in [6.45, 7) is -0.278. The Kier molecular flexibility index (Phi) is 2.88. The minimum absolute atomic E-state index is 0.0683. The topological polar surface area (TPSA) is 49.7 Å². The first kappa shape index (κ1) is 10.4. The van der Waals surface area contributed by atoms with Crippen LogP contribution in [-0.2, 0) is 6.42 Å². The molecule has 0 saturated carbocycles. The van der Waals surface area contributed by atoms with Crippen molar-refractivity contribution in [1.82, 2.24) is 0 Å². The van der Waals surface area contributed by atoms with Gasteiger partial charge in [0.1, 0.15) is 6.10 Å². The van der Waals surface area contributed by atoms with Crippen molar-refractivity contribution in [3.63, 3.8) is 0 Å². The van der Waals surface area contributed by atoms with E-state index in [9.17, 15) is 4.39 Å². The van der Waals surface area contributed by atoms with E-state index < -0.39 is 11.9 Å². The van der Waals surface area contributed by atoms with E-state index in [-0.39, 0.29) is 24.9 Å². The molecule has 1 aliphatic rings. The van der Waals surface area contributed by atoms with Crippen LogP contribution in [0.25, 0.3) is 0 Å². The summed E-state index contributed by atoms with van der Waals surface area (Å²) < 4.78 is 18.7. The van der Waals surface area contributed by atoms with Crippen molar-refractivity contribution in [3.8, 4) is 5.75 Å². The molecule has 2 atom stereocenters. The lowest BCUT2D eigenvalue weighted by atomic mass is 9.91. The number of ether oxygens (including phenoxy) is 1. The van der Waals surface area contributed by atoms with E-state index in [1.807, 2.05) is 0 Å². The Balaban J connectivity index is 2.33. The summed E-state index contributed by atoms with van der Waals surface area (Å²) in [6, 6.07) is 4.71. The van der Waals surface area contributed by atoms with E-state index >= 15 is 0 Å². The Hall–Kier alpha value is -1.13. The molecule has 0 saturated heterocycles. The predicted molar refractivity (Wildman–Crippen MR) is 52.2 cm³/mol. The molecule has 0 spiro atoms. The first-order chi connectivity index (χ1) is 7.26. The van der Waals surface area contributed by atoms with Gasteiger partial charge in [-0.1, -0.05) is 12.1 Å². The van der Waals surface area contributed by atoms with E-state index in [4.69, 9.17) is 14.9 Å². The Morgan fingerprint density at radius 2 is 2.13 bits per heavy atom. The molecular weight excluding hydrogens is 199 g/mol. The fourth-order valence-electron chi connectivity index (χ4n) is 1.88. The maximum atomic E-state index is 13.3. The minimum atomic E-state index is -0.514. The number of rotatable bonds is 2. The van der Waals surface area contributed by atoms with Crippen LogP contribution < -0.4 is 4.74 Å². The summed E-state index contributed by atoms with van der Waals surface area (Å²) in [4.78, 5) is 0. The third kappa shape index (κ3) is 1.82. The molecule has 0 aliphatic carbocycles. The highest BCUT2D eigenvalue weighted by Crippen LogP contribution is 2.32. The number of fused-ring (bicyclic) bond motifs is 1. The molecule has 2 rings (SSSR count). The molecule has 0 aromatic heterocycles. The quantitative estimate of drug-likeness (QED) is 0.759. The monoisotopic (exact) mass is 212 g/mol. The zero-order valence-electron chi connectivity index (χ0n) is 8.19. The number of benzene rings is 1. The van der Waals surface area contributed by atoms with Gasteiger partial charge in [-0.15, -0.1) is 0 Å². The summed E-state index contributed by atoms with van der Waals surface area (Å²) in [5.74, 6) is -0.368. The van der Waals surface area contributed by atoms with Gasteiger partial charge in [0, 0.05) is 12.5 Å². The van der Waals surface area contributed by atoms with Gasteiger partial charge in [-0.2, -0.15) is 0 Å². The smallest absolute Gasteiger partial charge is 0.165 e. The molecule has 1 aromatic rings. The molecule has 0 amide bonds. The first-order valence-corrected chi connectivity index (χ1v) is 4.92. The van der Waals surface area contributed by atoms with Crippen LogP contribution >= 0.6 is 0 Å². The average molecular weight is 212 g/mol. The van der Waals surface area contributed by atoms with Crippen LogP contribution in [0, 0.1) is 11.7 Å². The molecule has 0 bridgehead atoms. The second-order valence-corrected chi connectivity index (χ2v) is 3.71. The lowest BCUT2D eigenvalue weighted by Gasteiger charge is -2.31. The van der Waals surface area contributed by atoms with E-state index in [0.29, 0.717) is 6.42 Å². The van der Waals surface area contributed by atoms with Crippen molar-refractivity contribution in [2.75, 3.05) is 13.2 Å². The van der Waals surface area contributed by atoms with Gasteiger partial charge in [-0.05, 0) is 18.1 Å². The van der Waals surface area contributed by atoms with Gasteiger partial charge < -0.3 is 14.9 Å². The van der Waals surface area contributed by atoms with Crippen LogP contribution in [0.15, 0.2) is 18.2 Å². The average Bonchev–Trinajstić information content (AvgIpc) is 2.28. The van der Waals surface area contributed by atoms with E-state index in [1.54, 1.807) is 12.1 Å². The van der Waals surface area contributed by atoms with Crippen molar-refractivity contribution in [3.05, 3.63) is 29.6 Å². The molecule has 1 heterocycles. The van der Waals surface area contributed by atoms with Crippen molar-refractivity contribution >= 4 is 0 Å². The minimum Gasteiger partial charge on any atom is -0.484 e. The highest BCUT2D eigenvalue weighted by Gasteiger charge is 2.30. The zero-order chi connectivity index (χ0) is 10.8. The Morgan fingerprint density at radius 1 is 1.33 bits per heavy atom. The number of hydrogen-bond donors (Lipinski definition) is 2. The van der Waals surface area contributed by atoms with Crippen LogP contribution in [0.2, 0.25) is 0 Å². The second-order valence-electron chi connectivity index (χ2n) is 3.71. The number of aliphatic hydroxyl groups excluding tert-OH is 2. The third-order valence-electron chi connectivity index (χ3n) is 2.74. The molecule has 82 valence electrons. The first-order valence-electron chi connectivity index (χ1n) is 4.92. The molecule has 1 aliphatic heterocycles. The summed E-state index contributed by atoms with van der Waals surface area (Å²) >= 11 is 0. The molecular formula is C11H13FO3. The fraction of sp³-hybridized carbons (Fsp3) is 0.455. The molecule has 0 radical (unpaired) electrons. The number of para-hydroxylation sites is 1. The van der Waals surface area contributed by atoms with E-state index in [0.717, 1.165) is 5.56 Å². The van der Waals surface area contributed by atoms with Crippen molar-refractivity contribution < 1.29 is 19.3 Å². The number of aliphatic hydroxyl groups is 2. The Bertz CT molecular complexity index is 354. The molecule has 3 nitrogen and oxygen atoms in total. The Labute approximate surface area is 87.1 Å². The zero-order valence-corrected chi connectivity index (χ0v) is 8.19. The SMILES string of the molecule is OC[C@@H]1Cc2cccc(F)c2O[C@H]1CO. The summed E-state index contributed by atoms with van der Waals surface area (Å²) in [5.41, 5.74) is 0.749. The molecule has 1 aromatic carbocycles. The van der Waals surface area contributed by atoms with E-state index in [1.165, 1.54) is 6.07 Å². The predicted octanol–water partition coefficient (Wildman–Crippen LogP) is 0.730. The Morgan fingerprint density at radius 3 is 2.80 bits per heavy atom. The van der Waals surface area contributed by atoms with Gasteiger partial charge in [-0.3, -0.25) is 0 Å². The van der Waals surface area contributed by atoms with Gasteiger partial charge >= 0.3 is 0 Å². The normalized spacial score (nSPS) is 24.5. The number of halogens is 1. The molecule has 0 fully saturated rings. The highest BCUT2D eigenvalue weighted by molar-refractivity contribution is 5.37. The fourth-order valence-corrected chi connectivity index (χ4v) is 1.88. The van der Waals surface area contributed by atoms with Crippen LogP contribution in [0.5, 0.6) is 5.75 Å². The maximum absolute atomic E-state index is 13.3. The van der Waals surface area contributed by atoms with Crippen molar-refractivity contribution in [2.45, 2.75) is 12.5 Å². The third-order valence-corrected chi connectivity index (χ3v) is 2.74. The van der Waals surface area contributed by atoms with Crippen molar-refractivity contribution in [1.29, 1.82) is 0 Å². The van der Waals surface area contributed by atoms with Crippen LogP contribution in [0.4, 0.5) is 4.39 Å². The van der Waals surface area contributed by atoms with Gasteiger partial charge in [0.2, 0.25) is 0 Å². The number of hydrogen-bond acceptors (Lipinski definition) is 3. The molecule has 4 heteroatoms. The summed E-state index contributed by atoms with van der Waals surface area (Å²) in [6.07, 6.45) is 0.0221. The van der Waals surface area contributed by atoms with Crippen LogP contribution in [-0.4, -0.2) is 29.5 Å². The molecule has 15 heavy (non-hydrogen) atoms. The van der Waals surface area contributed by atoms with Gasteiger partial charge in [0.05, 0.1) is 6.61 Å². The summed E-state index contributed by atoms with van der Waals surface area (Å²) in [5, 5.41) is 18.2.